The molecule has 32 heavy (non-hydrogen) atoms. The van der Waals surface area contributed by atoms with Crippen LogP contribution in [0.25, 0.3) is 0 Å². The minimum absolute atomic E-state index is 0.0344. The van der Waals surface area contributed by atoms with Crippen molar-refractivity contribution in [3.05, 3.63) is 77.6 Å². The van der Waals surface area contributed by atoms with Crippen molar-refractivity contribution >= 4 is 33.2 Å². The normalized spacial score (nSPS) is 11.8. The van der Waals surface area contributed by atoms with Gasteiger partial charge in [0.05, 0.1) is 16.8 Å². The molecule has 3 aromatic rings. The number of hydrogen-bond acceptors (Lipinski definition) is 5. The number of para-hydroxylation sites is 1. The lowest BCUT2D eigenvalue weighted by molar-refractivity contribution is -0.137. The Morgan fingerprint density at radius 3 is 2.31 bits per heavy atom. The Labute approximate surface area is 180 Å². The summed E-state index contributed by atoms with van der Waals surface area (Å²) in [5.74, 6) is -1.92. The van der Waals surface area contributed by atoms with Gasteiger partial charge in [-0.05, 0) is 49.5 Å². The molecule has 12 heteroatoms. The summed E-state index contributed by atoms with van der Waals surface area (Å²) >= 11 is 0. The van der Waals surface area contributed by atoms with Gasteiger partial charge in [-0.25, -0.2) is 13.1 Å². The van der Waals surface area contributed by atoms with Crippen LogP contribution in [0.4, 0.5) is 24.5 Å². The molecule has 1 aromatic heterocycles. The molecule has 3 N–H and O–H groups in total. The molecule has 0 fully saturated rings. The Bertz CT molecular complexity index is 1270. The number of carbonyl (C=O) groups excluding carboxylic acids is 2. The van der Waals surface area contributed by atoms with Gasteiger partial charge in [0.25, 0.3) is 21.8 Å². The molecule has 2 aromatic carbocycles. The number of amides is 2. The average Bonchev–Trinajstić information content (AvgIpc) is 3.25. The predicted octanol–water partition coefficient (Wildman–Crippen LogP) is 3.71. The molecule has 8 nitrogen and oxygen atoms in total. The van der Waals surface area contributed by atoms with Gasteiger partial charge < -0.3 is 15.1 Å². The summed E-state index contributed by atoms with van der Waals surface area (Å²) < 4.78 is 69.2. The number of rotatable bonds is 6. The Balaban J connectivity index is 1.80. The van der Waals surface area contributed by atoms with Gasteiger partial charge >= 0.3 is 6.18 Å². The summed E-state index contributed by atoms with van der Waals surface area (Å²) in [5, 5.41) is 4.31. The zero-order valence-electron chi connectivity index (χ0n) is 16.4. The lowest BCUT2D eigenvalue weighted by Crippen LogP contribution is -2.19. The number of alkyl halides is 3. The molecule has 168 valence electrons. The first-order valence-electron chi connectivity index (χ1n) is 8.93. The van der Waals surface area contributed by atoms with E-state index in [0.717, 1.165) is 30.3 Å². The molecule has 0 aliphatic heterocycles. The SMILES string of the molecule is CNS(=O)(=O)c1ccc(C(=O)Nc2ccccc2C(=O)Nc2cccc(C(F)(F)F)c2)o1. The first kappa shape index (κ1) is 23.0. The minimum Gasteiger partial charge on any atom is -0.438 e. The fourth-order valence-electron chi connectivity index (χ4n) is 2.63. The van der Waals surface area contributed by atoms with Crippen LogP contribution in [0.1, 0.15) is 26.5 Å². The molecule has 2 amide bonds. The van der Waals surface area contributed by atoms with E-state index in [9.17, 15) is 31.2 Å². The van der Waals surface area contributed by atoms with Crippen LogP contribution in [0, 0.1) is 0 Å². The molecule has 0 saturated heterocycles. The summed E-state index contributed by atoms with van der Waals surface area (Å²) in [6, 6.07) is 12.1. The van der Waals surface area contributed by atoms with Crippen molar-refractivity contribution in [1.29, 1.82) is 0 Å². The smallest absolute Gasteiger partial charge is 0.416 e. The fourth-order valence-corrected chi connectivity index (χ4v) is 3.28. The summed E-state index contributed by atoms with van der Waals surface area (Å²) in [5.41, 5.74) is -1.01. The van der Waals surface area contributed by atoms with Gasteiger partial charge in [0.2, 0.25) is 5.09 Å². The van der Waals surface area contributed by atoms with Crippen LogP contribution < -0.4 is 15.4 Å². The molecular formula is C20H16F3N3O5S. The van der Waals surface area contributed by atoms with Crippen molar-refractivity contribution in [3.63, 3.8) is 0 Å². The summed E-state index contributed by atoms with van der Waals surface area (Å²) in [7, 11) is -2.72. The van der Waals surface area contributed by atoms with Crippen LogP contribution >= 0.6 is 0 Å². The van der Waals surface area contributed by atoms with E-state index in [-0.39, 0.29) is 22.7 Å². The number of hydrogen-bond donors (Lipinski definition) is 3. The van der Waals surface area contributed by atoms with Crippen molar-refractivity contribution in [2.24, 2.45) is 0 Å². The second-order valence-electron chi connectivity index (χ2n) is 6.36. The highest BCUT2D eigenvalue weighted by atomic mass is 32.2. The number of nitrogens with one attached hydrogen (secondary N) is 3. The van der Waals surface area contributed by atoms with Crippen molar-refractivity contribution in [1.82, 2.24) is 4.72 Å². The molecular weight excluding hydrogens is 451 g/mol. The maximum atomic E-state index is 12.9. The monoisotopic (exact) mass is 467 g/mol. The van der Waals surface area contributed by atoms with Gasteiger partial charge in [0.1, 0.15) is 0 Å². The molecule has 3 rings (SSSR count). The number of furan rings is 1. The van der Waals surface area contributed by atoms with E-state index in [4.69, 9.17) is 4.42 Å². The number of anilines is 2. The fraction of sp³-hybridized carbons (Fsp3) is 0.100. The Morgan fingerprint density at radius 2 is 1.62 bits per heavy atom. The summed E-state index contributed by atoms with van der Waals surface area (Å²) in [4.78, 5) is 25.1. The van der Waals surface area contributed by atoms with E-state index in [0.29, 0.717) is 0 Å². The first-order valence-corrected chi connectivity index (χ1v) is 10.4. The van der Waals surface area contributed by atoms with Crippen LogP contribution in [0.5, 0.6) is 0 Å². The number of halogens is 3. The predicted molar refractivity (Wildman–Crippen MR) is 109 cm³/mol. The number of sulfonamides is 1. The zero-order chi connectivity index (χ0) is 23.5. The van der Waals surface area contributed by atoms with Crippen molar-refractivity contribution in [2.45, 2.75) is 11.3 Å². The van der Waals surface area contributed by atoms with Crippen molar-refractivity contribution in [3.8, 4) is 0 Å². The maximum Gasteiger partial charge on any atom is 0.416 e. The van der Waals surface area contributed by atoms with Gasteiger partial charge in [0, 0.05) is 5.69 Å². The highest BCUT2D eigenvalue weighted by Crippen LogP contribution is 2.31. The van der Waals surface area contributed by atoms with E-state index in [2.05, 4.69) is 10.6 Å². The number of benzene rings is 2. The molecule has 0 atom stereocenters. The van der Waals surface area contributed by atoms with Gasteiger partial charge in [0.15, 0.2) is 5.76 Å². The standard InChI is InChI=1S/C20H16F3N3O5S/c1-24-32(29,30)17-10-9-16(31-17)19(28)26-15-8-3-2-7-14(15)18(27)25-13-6-4-5-12(11-13)20(21,22)23/h2-11,24H,1H3,(H,25,27)(H,26,28). The minimum atomic E-state index is -4.57. The molecule has 0 spiro atoms. The van der Waals surface area contributed by atoms with E-state index in [1.165, 1.54) is 37.4 Å². The quantitative estimate of drug-likeness (QED) is 0.511. The molecule has 1 heterocycles. The van der Waals surface area contributed by atoms with E-state index in [1.54, 1.807) is 0 Å². The molecule has 0 aliphatic carbocycles. The van der Waals surface area contributed by atoms with Crippen LogP contribution in [0.15, 0.2) is 70.2 Å². The second kappa shape index (κ2) is 8.85. The molecule has 0 aliphatic rings. The van der Waals surface area contributed by atoms with E-state index in [1.807, 2.05) is 4.72 Å². The largest absolute Gasteiger partial charge is 0.438 e. The molecule has 0 unspecified atom stereocenters. The van der Waals surface area contributed by atoms with Crippen molar-refractivity contribution in [2.75, 3.05) is 17.7 Å². The van der Waals surface area contributed by atoms with Crippen molar-refractivity contribution < 1.29 is 35.6 Å². The highest BCUT2D eigenvalue weighted by molar-refractivity contribution is 7.89. The van der Waals surface area contributed by atoms with Gasteiger partial charge in [-0.1, -0.05) is 18.2 Å². The van der Waals surface area contributed by atoms with Crippen LogP contribution in [0.2, 0.25) is 0 Å². The summed E-state index contributed by atoms with van der Waals surface area (Å²) in [6.45, 7) is 0. The topological polar surface area (TPSA) is 118 Å². The maximum absolute atomic E-state index is 12.9. The highest BCUT2D eigenvalue weighted by Gasteiger charge is 2.30. The van der Waals surface area contributed by atoms with Crippen LogP contribution in [-0.2, 0) is 16.2 Å². The summed E-state index contributed by atoms with van der Waals surface area (Å²) in [6.07, 6.45) is -4.57. The zero-order valence-corrected chi connectivity index (χ0v) is 17.2. The first-order chi connectivity index (χ1) is 15.0. The number of carbonyl (C=O) groups is 2. The Hall–Kier alpha value is -3.64. The third-order valence-electron chi connectivity index (χ3n) is 4.21. The second-order valence-corrected chi connectivity index (χ2v) is 8.18. The third-order valence-corrected chi connectivity index (χ3v) is 5.49. The van der Waals surface area contributed by atoms with Gasteiger partial charge in [-0.2, -0.15) is 13.2 Å². The molecule has 0 radical (unpaired) electrons. The lowest BCUT2D eigenvalue weighted by Gasteiger charge is -2.12. The van der Waals surface area contributed by atoms with Gasteiger partial charge in [-0.3, -0.25) is 9.59 Å². The van der Waals surface area contributed by atoms with E-state index >= 15 is 0 Å². The Kier molecular flexibility index (Phi) is 6.37. The molecule has 0 saturated carbocycles. The lowest BCUT2D eigenvalue weighted by atomic mass is 10.1. The average molecular weight is 467 g/mol. The van der Waals surface area contributed by atoms with Gasteiger partial charge in [-0.15, -0.1) is 0 Å². The molecule has 0 bridgehead atoms. The van der Waals surface area contributed by atoms with Crippen LogP contribution in [-0.4, -0.2) is 27.3 Å². The Morgan fingerprint density at radius 1 is 0.906 bits per heavy atom. The third kappa shape index (κ3) is 5.15. The van der Waals surface area contributed by atoms with E-state index < -0.39 is 38.7 Å². The van der Waals surface area contributed by atoms with Crippen LogP contribution in [0.3, 0.4) is 0 Å².